The third-order valence-corrected chi connectivity index (χ3v) is 13.1. The van der Waals surface area contributed by atoms with Gasteiger partial charge in [-0.25, -0.2) is 14.4 Å². The number of aliphatic hydroxyl groups excluding tert-OH is 2. The topological polar surface area (TPSA) is 231 Å². The van der Waals surface area contributed by atoms with Crippen LogP contribution in [0.1, 0.15) is 97.0 Å². The van der Waals surface area contributed by atoms with Gasteiger partial charge in [-0.2, -0.15) is 0 Å². The number of fused-ring (bicyclic) bond motifs is 8. The van der Waals surface area contributed by atoms with E-state index in [-0.39, 0.29) is 48.7 Å². The lowest BCUT2D eigenvalue weighted by Crippen LogP contribution is -2.82. The van der Waals surface area contributed by atoms with E-state index in [4.69, 9.17) is 28.4 Å². The van der Waals surface area contributed by atoms with Crippen molar-refractivity contribution in [3.63, 3.8) is 0 Å². The number of amides is 1. The predicted octanol–water partition coefficient (Wildman–Crippen LogP) is 2.65. The van der Waals surface area contributed by atoms with Crippen LogP contribution in [0.5, 0.6) is 0 Å². The summed E-state index contributed by atoms with van der Waals surface area (Å²) in [6.07, 6.45) is -10.3. The maximum absolute atomic E-state index is 15.4. The van der Waals surface area contributed by atoms with E-state index >= 15 is 4.79 Å². The van der Waals surface area contributed by atoms with Crippen LogP contribution in [0.3, 0.4) is 0 Å². The van der Waals surface area contributed by atoms with Crippen LogP contribution in [-0.4, -0.2) is 118 Å². The van der Waals surface area contributed by atoms with E-state index in [9.17, 15) is 39.3 Å². The van der Waals surface area contributed by atoms with Gasteiger partial charge in [0, 0.05) is 32.1 Å². The first-order chi connectivity index (χ1) is 27.1. The average molecular weight is 814 g/mol. The van der Waals surface area contributed by atoms with Crippen LogP contribution in [-0.2, 0) is 54.0 Å². The molecule has 2 aliphatic heterocycles. The second-order valence-electron chi connectivity index (χ2n) is 17.6. The largest absolute Gasteiger partial charge is 0.456 e. The molecule has 6 rings (SSSR count). The maximum atomic E-state index is 15.4. The second kappa shape index (κ2) is 15.7. The highest BCUT2D eigenvalue weighted by atomic mass is 16.6. The summed E-state index contributed by atoms with van der Waals surface area (Å²) in [5.41, 5.74) is -6.83. The number of rotatable bonds is 4. The number of ether oxygens (including phenoxy) is 6. The molecule has 1 aromatic carbocycles. The molecular weight excluding hydrogens is 758 g/mol. The number of benzene rings is 1. The molecule has 3 fully saturated rings. The van der Waals surface area contributed by atoms with Crippen LogP contribution >= 0.6 is 0 Å². The number of carbonyl (C=O) groups excluding carboxylic acids is 6. The molecule has 0 spiro atoms. The van der Waals surface area contributed by atoms with Gasteiger partial charge in [0.1, 0.15) is 23.9 Å². The first kappa shape index (κ1) is 43.2. The first-order valence-electron chi connectivity index (χ1n) is 19.8. The minimum atomic E-state index is -2.36. The van der Waals surface area contributed by atoms with Gasteiger partial charge in [-0.05, 0) is 67.9 Å². The molecule has 2 saturated carbocycles. The van der Waals surface area contributed by atoms with Crippen molar-refractivity contribution in [1.29, 1.82) is 0 Å². The van der Waals surface area contributed by atoms with Gasteiger partial charge in [0.05, 0.1) is 42.3 Å². The molecule has 1 amide bonds. The number of carbonyl (C=O) groups is 6. The number of ketones is 1. The molecule has 0 aromatic heterocycles. The van der Waals surface area contributed by atoms with Crippen LogP contribution in [0.15, 0.2) is 35.4 Å². The van der Waals surface area contributed by atoms with Gasteiger partial charge in [0.2, 0.25) is 0 Å². The van der Waals surface area contributed by atoms with Gasteiger partial charge in [-0.1, -0.05) is 39.8 Å². The first-order valence-corrected chi connectivity index (χ1v) is 19.8. The Bertz CT molecular complexity index is 1890. The Balaban J connectivity index is 1.63. The summed E-state index contributed by atoms with van der Waals surface area (Å²) in [5.74, 6) is -6.25. The fourth-order valence-electron chi connectivity index (χ4n) is 10.1. The highest BCUT2D eigenvalue weighted by molar-refractivity contribution is 5.95. The van der Waals surface area contributed by atoms with Gasteiger partial charge in [-0.3, -0.25) is 14.4 Å². The third-order valence-electron chi connectivity index (χ3n) is 13.1. The van der Waals surface area contributed by atoms with E-state index in [1.165, 1.54) is 19.9 Å². The van der Waals surface area contributed by atoms with Gasteiger partial charge in [0.25, 0.3) is 0 Å². The van der Waals surface area contributed by atoms with E-state index in [0.29, 0.717) is 18.4 Å². The van der Waals surface area contributed by atoms with Crippen LogP contribution in [0, 0.1) is 22.7 Å². The van der Waals surface area contributed by atoms with Crippen LogP contribution < -0.4 is 5.32 Å². The van der Waals surface area contributed by atoms with E-state index in [0.717, 1.165) is 13.8 Å². The van der Waals surface area contributed by atoms with Gasteiger partial charge < -0.3 is 49.1 Å². The summed E-state index contributed by atoms with van der Waals surface area (Å²) < 4.78 is 35.6. The Kier molecular flexibility index (Phi) is 11.7. The van der Waals surface area contributed by atoms with Gasteiger partial charge >= 0.3 is 30.0 Å². The van der Waals surface area contributed by atoms with Gasteiger partial charge in [0.15, 0.2) is 23.6 Å². The molecule has 5 aliphatic rings. The monoisotopic (exact) mass is 813 g/mol. The van der Waals surface area contributed by atoms with Crippen molar-refractivity contribution in [3.8, 4) is 0 Å². The van der Waals surface area contributed by atoms with Crippen LogP contribution in [0.4, 0.5) is 4.79 Å². The Morgan fingerprint density at radius 2 is 1.74 bits per heavy atom. The minimum absolute atomic E-state index is 0.0171. The molecule has 2 heterocycles. The van der Waals surface area contributed by atoms with Gasteiger partial charge in [-0.15, -0.1) is 0 Å². The normalized spacial score (nSPS) is 37.7. The number of cyclic esters (lactones) is 1. The summed E-state index contributed by atoms with van der Waals surface area (Å²) in [4.78, 5) is 82.7. The lowest BCUT2D eigenvalue weighted by molar-refractivity contribution is -0.346. The molecule has 58 heavy (non-hydrogen) atoms. The molecule has 318 valence electrons. The number of hydrogen-bond acceptors (Lipinski definition) is 15. The predicted molar refractivity (Wildman–Crippen MR) is 201 cm³/mol. The Labute approximate surface area is 336 Å². The number of aryl methyl sites for hydroxylation is 1. The highest BCUT2D eigenvalue weighted by Crippen LogP contribution is 2.64. The smallest absolute Gasteiger partial charge is 0.407 e. The molecule has 16 heteroatoms. The molecule has 1 saturated heterocycles. The third kappa shape index (κ3) is 7.19. The zero-order valence-electron chi connectivity index (χ0n) is 34.2. The molecule has 5 bridgehead atoms. The van der Waals surface area contributed by atoms with E-state index in [1.54, 1.807) is 32.0 Å². The fraction of sp³-hybridized carbons (Fsp3) is 0.667. The molecule has 1 aromatic rings. The summed E-state index contributed by atoms with van der Waals surface area (Å²) in [7, 11) is 0. The minimum Gasteiger partial charge on any atom is -0.456 e. The average Bonchev–Trinajstić information content (AvgIpc) is 3.13. The maximum Gasteiger partial charge on any atom is 0.407 e. The number of aliphatic hydroxyl groups is 3. The Morgan fingerprint density at radius 3 is 2.36 bits per heavy atom. The molecule has 3 aliphatic carbocycles. The van der Waals surface area contributed by atoms with Crippen molar-refractivity contribution < 1.29 is 72.5 Å². The highest BCUT2D eigenvalue weighted by Gasteiger charge is 2.78. The number of alkyl carbamates (subject to hydrolysis) is 1. The number of esters is 4. The van der Waals surface area contributed by atoms with Crippen molar-refractivity contribution >= 4 is 35.8 Å². The molecule has 4 N–H and O–H groups in total. The van der Waals surface area contributed by atoms with Crippen molar-refractivity contribution in [3.05, 3.63) is 46.5 Å². The molecular formula is C42H55NO15. The van der Waals surface area contributed by atoms with Crippen molar-refractivity contribution in [2.24, 2.45) is 22.7 Å². The molecule has 16 nitrogen and oxygen atoms in total. The molecule has 0 radical (unpaired) electrons. The van der Waals surface area contributed by atoms with Crippen molar-refractivity contribution in [1.82, 2.24) is 5.32 Å². The van der Waals surface area contributed by atoms with Crippen LogP contribution in [0.25, 0.3) is 0 Å². The fourth-order valence-corrected chi connectivity index (χ4v) is 10.1. The van der Waals surface area contributed by atoms with E-state index < -0.39 is 113 Å². The van der Waals surface area contributed by atoms with E-state index in [1.807, 2.05) is 13.8 Å². The Morgan fingerprint density at radius 1 is 1.03 bits per heavy atom. The summed E-state index contributed by atoms with van der Waals surface area (Å²) in [6.45, 7) is 11.7. The Hall–Kier alpha value is -4.38. The standard InChI is InChI=1S/C42H55NO15/c1-20(2)15-26-31(47)37(50)56-27-18-42(52)35(57-36(49)25-13-9-11-24(16-25)12-10-14-53-38(51)43-26)33-40(8,28(46)17-29-41(33,19-54-29)58-23(5)45)34(48)32(55-22(4)44)30(21(27)3)39(42,6)7/h9,11,13,16,20,26-29,31-33,35,46-47,52H,10,12,14-15,17-19H2,1-8H3,(H,43,51)/t26-,27-,28-,29+,31+,32+,33?,35-,40+,41-,42+/m0/s1. The second-order valence-corrected chi connectivity index (χ2v) is 17.6. The summed E-state index contributed by atoms with van der Waals surface area (Å²) in [5, 5.41) is 39.7. The SMILES string of the molecule is CC(=O)O[C@H]1C(=O)[C@@]2(C)C([C@@H]3OC(=O)c4cccc(c4)CCCOC(=O)N[C@@H](CC(C)C)[C@@H](O)C(=O)O[C@H]4C[C@]3(O)C(C)(C)C1=C4C)[C@]1(OC(C)=O)CO[C@@H]1C[C@@H]2O. The zero-order valence-corrected chi connectivity index (χ0v) is 34.2. The lowest BCUT2D eigenvalue weighted by atomic mass is 9.44. The molecule has 11 atom stereocenters. The van der Waals surface area contributed by atoms with Crippen LogP contribution in [0.2, 0.25) is 0 Å². The zero-order chi connectivity index (χ0) is 42.7. The van der Waals surface area contributed by atoms with Crippen molar-refractivity contribution in [2.75, 3.05) is 13.2 Å². The number of hydrogen-bond donors (Lipinski definition) is 4. The number of nitrogens with one attached hydrogen (secondary N) is 1. The lowest BCUT2D eigenvalue weighted by Gasteiger charge is -2.67. The molecule has 1 unspecified atom stereocenters. The summed E-state index contributed by atoms with van der Waals surface area (Å²) >= 11 is 0. The van der Waals surface area contributed by atoms with E-state index in [2.05, 4.69) is 5.32 Å². The quantitative estimate of drug-likeness (QED) is 0.195. The number of Topliss-reactive ketones (excluding diaryl/α,β-unsaturated/α-hetero) is 1. The van der Waals surface area contributed by atoms with Crippen molar-refractivity contribution in [2.45, 2.75) is 141 Å². The summed E-state index contributed by atoms with van der Waals surface area (Å²) in [6, 6.07) is 5.33.